The zero-order chi connectivity index (χ0) is 17.1. The predicted octanol–water partition coefficient (Wildman–Crippen LogP) is 4.17. The van der Waals surface area contributed by atoms with Gasteiger partial charge in [0.1, 0.15) is 6.10 Å². The number of fused-ring (bicyclic) bond motifs is 1. The Hall–Kier alpha value is -1.65. The maximum atomic E-state index is 6.12. The van der Waals surface area contributed by atoms with Crippen molar-refractivity contribution in [2.75, 3.05) is 20.2 Å². The average Bonchev–Trinajstić information content (AvgIpc) is 3.15. The lowest BCUT2D eigenvalue weighted by Gasteiger charge is -2.27. The molecule has 4 heteroatoms. The van der Waals surface area contributed by atoms with E-state index in [0.29, 0.717) is 6.10 Å². The first-order valence-corrected chi connectivity index (χ1v) is 9.61. The van der Waals surface area contributed by atoms with Crippen LogP contribution >= 0.6 is 0 Å². The van der Waals surface area contributed by atoms with Crippen molar-refractivity contribution >= 4 is 10.9 Å². The van der Waals surface area contributed by atoms with E-state index >= 15 is 0 Å². The van der Waals surface area contributed by atoms with E-state index < -0.39 is 0 Å². The summed E-state index contributed by atoms with van der Waals surface area (Å²) >= 11 is 0. The molecular weight excluding hydrogens is 312 g/mol. The van der Waals surface area contributed by atoms with E-state index in [1.54, 1.807) is 7.11 Å². The number of benzene rings is 1. The molecule has 0 radical (unpaired) electrons. The van der Waals surface area contributed by atoms with Gasteiger partial charge in [0.15, 0.2) is 0 Å². The lowest BCUT2D eigenvalue weighted by Crippen LogP contribution is -2.27. The van der Waals surface area contributed by atoms with E-state index in [4.69, 9.17) is 14.5 Å². The summed E-state index contributed by atoms with van der Waals surface area (Å²) in [6.45, 7) is 3.51. The zero-order valence-corrected chi connectivity index (χ0v) is 15.1. The number of nitrogens with zero attached hydrogens (tertiary/aromatic N) is 2. The number of pyridine rings is 1. The minimum atomic E-state index is 0.269. The van der Waals surface area contributed by atoms with Crippen molar-refractivity contribution in [1.82, 2.24) is 9.88 Å². The number of methoxy groups -OCH3 is 1. The van der Waals surface area contributed by atoms with Gasteiger partial charge in [-0.25, -0.2) is 4.98 Å². The quantitative estimate of drug-likeness (QED) is 0.818. The Labute approximate surface area is 150 Å². The molecule has 2 aromatic rings. The molecule has 0 unspecified atom stereocenters. The van der Waals surface area contributed by atoms with Gasteiger partial charge in [-0.15, -0.1) is 0 Å². The molecule has 1 aliphatic heterocycles. The highest BCUT2D eigenvalue weighted by Gasteiger charge is 2.22. The van der Waals surface area contributed by atoms with Crippen molar-refractivity contribution < 1.29 is 9.47 Å². The van der Waals surface area contributed by atoms with E-state index in [1.807, 2.05) is 6.07 Å². The molecule has 25 heavy (non-hydrogen) atoms. The Morgan fingerprint density at radius 1 is 1.00 bits per heavy atom. The maximum Gasteiger partial charge on any atom is 0.214 e. The van der Waals surface area contributed by atoms with Crippen molar-refractivity contribution in [2.45, 2.75) is 57.3 Å². The summed E-state index contributed by atoms with van der Waals surface area (Å²) in [7, 11) is 1.80. The van der Waals surface area contributed by atoms with Gasteiger partial charge < -0.3 is 9.47 Å². The molecule has 1 aromatic heterocycles. The van der Waals surface area contributed by atoms with Gasteiger partial charge in [0.2, 0.25) is 5.88 Å². The van der Waals surface area contributed by atoms with Crippen LogP contribution in [0.1, 0.15) is 44.1 Å². The van der Waals surface area contributed by atoms with Crippen LogP contribution in [0.2, 0.25) is 0 Å². The number of hydrogen-bond donors (Lipinski definition) is 0. The van der Waals surface area contributed by atoms with Gasteiger partial charge in [0.05, 0.1) is 11.6 Å². The molecule has 4 nitrogen and oxygen atoms in total. The monoisotopic (exact) mass is 340 g/mol. The molecule has 1 aromatic carbocycles. The number of aromatic nitrogens is 1. The minimum Gasteiger partial charge on any atom is -0.474 e. The lowest BCUT2D eigenvalue weighted by molar-refractivity contribution is 0.0315. The third-order valence-electron chi connectivity index (χ3n) is 5.57. The normalized spacial score (nSPS) is 24.7. The predicted molar refractivity (Wildman–Crippen MR) is 99.9 cm³/mol. The zero-order valence-electron chi connectivity index (χ0n) is 15.1. The van der Waals surface area contributed by atoms with Crippen LogP contribution in [-0.2, 0) is 11.3 Å². The molecule has 2 aliphatic rings. The van der Waals surface area contributed by atoms with Crippen molar-refractivity contribution in [3.63, 3.8) is 0 Å². The van der Waals surface area contributed by atoms with Crippen LogP contribution in [0, 0.1) is 0 Å². The topological polar surface area (TPSA) is 34.6 Å². The van der Waals surface area contributed by atoms with E-state index in [-0.39, 0.29) is 6.10 Å². The van der Waals surface area contributed by atoms with Crippen molar-refractivity contribution in [2.24, 2.45) is 0 Å². The fourth-order valence-electron chi connectivity index (χ4n) is 4.08. The highest BCUT2D eigenvalue weighted by molar-refractivity contribution is 5.79. The highest BCUT2D eigenvalue weighted by atomic mass is 16.5. The fraction of sp³-hybridized carbons (Fsp3) is 0.571. The first-order chi connectivity index (χ1) is 12.3. The van der Waals surface area contributed by atoms with Gasteiger partial charge >= 0.3 is 0 Å². The third kappa shape index (κ3) is 4.13. The third-order valence-corrected chi connectivity index (χ3v) is 5.57. The highest BCUT2D eigenvalue weighted by Crippen LogP contribution is 2.26. The molecule has 4 rings (SSSR count). The smallest absolute Gasteiger partial charge is 0.214 e. The molecule has 2 fully saturated rings. The van der Waals surface area contributed by atoms with Gasteiger partial charge in [-0.3, -0.25) is 4.90 Å². The maximum absolute atomic E-state index is 6.12. The summed E-state index contributed by atoms with van der Waals surface area (Å²) in [4.78, 5) is 7.24. The SMILES string of the molecule is COC1CCC(Oc2ccc3cc(CN4CCCC4)ccc3n2)CC1. The number of ether oxygens (including phenoxy) is 2. The van der Waals surface area contributed by atoms with Crippen LogP contribution in [0.25, 0.3) is 10.9 Å². The molecule has 0 spiro atoms. The molecule has 0 atom stereocenters. The van der Waals surface area contributed by atoms with Crippen molar-refractivity contribution in [3.8, 4) is 5.88 Å². The van der Waals surface area contributed by atoms with Gasteiger partial charge in [-0.05, 0) is 75.4 Å². The van der Waals surface area contributed by atoms with Crippen molar-refractivity contribution in [1.29, 1.82) is 0 Å². The second-order valence-corrected chi connectivity index (χ2v) is 7.41. The van der Waals surface area contributed by atoms with Crippen LogP contribution in [0.4, 0.5) is 0 Å². The molecule has 2 heterocycles. The van der Waals surface area contributed by atoms with Crippen LogP contribution in [0.5, 0.6) is 5.88 Å². The Morgan fingerprint density at radius 3 is 2.52 bits per heavy atom. The van der Waals surface area contributed by atoms with Gasteiger partial charge in [0.25, 0.3) is 0 Å². The Morgan fingerprint density at radius 2 is 1.76 bits per heavy atom. The fourth-order valence-corrected chi connectivity index (χ4v) is 4.08. The summed E-state index contributed by atoms with van der Waals surface area (Å²) in [6.07, 6.45) is 7.59. The Kier molecular flexibility index (Phi) is 5.18. The molecule has 0 N–H and O–H groups in total. The summed E-state index contributed by atoms with van der Waals surface area (Å²) in [6, 6.07) is 10.8. The summed E-state index contributed by atoms with van der Waals surface area (Å²) in [5.74, 6) is 0.751. The number of rotatable bonds is 5. The number of likely N-dealkylation sites (tertiary alicyclic amines) is 1. The first kappa shape index (κ1) is 16.8. The minimum absolute atomic E-state index is 0.269. The van der Waals surface area contributed by atoms with E-state index in [2.05, 4.69) is 29.2 Å². The largest absolute Gasteiger partial charge is 0.474 e. The molecule has 1 saturated carbocycles. The second-order valence-electron chi connectivity index (χ2n) is 7.41. The summed E-state index contributed by atoms with van der Waals surface area (Å²) in [5, 5.41) is 1.20. The van der Waals surface area contributed by atoms with Gasteiger partial charge in [0, 0.05) is 25.1 Å². The van der Waals surface area contributed by atoms with E-state index in [0.717, 1.165) is 43.6 Å². The average molecular weight is 340 g/mol. The molecule has 0 bridgehead atoms. The molecule has 1 aliphatic carbocycles. The molecule has 134 valence electrons. The van der Waals surface area contributed by atoms with Crippen LogP contribution in [0.15, 0.2) is 30.3 Å². The van der Waals surface area contributed by atoms with Crippen molar-refractivity contribution in [3.05, 3.63) is 35.9 Å². The standard InChI is InChI=1S/C21H28N2O2/c1-24-18-6-8-19(9-7-18)25-21-11-5-17-14-16(4-10-20(17)22-21)15-23-12-2-3-13-23/h4-5,10-11,14,18-19H,2-3,6-9,12-13,15H2,1H3. The summed E-state index contributed by atoms with van der Waals surface area (Å²) in [5.41, 5.74) is 2.40. The number of hydrogen-bond acceptors (Lipinski definition) is 4. The van der Waals surface area contributed by atoms with Gasteiger partial charge in [-0.2, -0.15) is 0 Å². The molecular formula is C21H28N2O2. The first-order valence-electron chi connectivity index (χ1n) is 9.61. The Balaban J connectivity index is 1.41. The van der Waals surface area contributed by atoms with Crippen LogP contribution < -0.4 is 4.74 Å². The molecule has 1 saturated heterocycles. The van der Waals surface area contributed by atoms with E-state index in [9.17, 15) is 0 Å². The summed E-state index contributed by atoms with van der Waals surface area (Å²) < 4.78 is 11.6. The lowest BCUT2D eigenvalue weighted by atomic mass is 9.95. The van der Waals surface area contributed by atoms with Gasteiger partial charge in [-0.1, -0.05) is 6.07 Å². The van der Waals surface area contributed by atoms with Crippen LogP contribution in [-0.4, -0.2) is 42.3 Å². The Bertz CT molecular complexity index is 704. The van der Waals surface area contributed by atoms with Crippen LogP contribution in [0.3, 0.4) is 0 Å². The van der Waals surface area contributed by atoms with E-state index in [1.165, 1.54) is 36.9 Å². The second kappa shape index (κ2) is 7.71. The molecule has 0 amide bonds.